The number of carbonyl (C=O) groups excluding carboxylic acids is 3. The number of hydrogen-bond donors (Lipinski definition) is 2. The van der Waals surface area contributed by atoms with Gasteiger partial charge >= 0.3 is 12.0 Å². The maximum absolute atomic E-state index is 12.4. The summed E-state index contributed by atoms with van der Waals surface area (Å²) in [6, 6.07) is 13.0. The van der Waals surface area contributed by atoms with E-state index in [4.69, 9.17) is 9.47 Å². The van der Waals surface area contributed by atoms with Gasteiger partial charge in [0.15, 0.2) is 0 Å². The number of nitrogens with zero attached hydrogens (tertiary/aromatic N) is 1. The van der Waals surface area contributed by atoms with Crippen LogP contribution in [0.4, 0.5) is 16.2 Å². The number of carbonyl (C=O) groups is 3. The van der Waals surface area contributed by atoms with Gasteiger partial charge in [0.05, 0.1) is 24.8 Å². The summed E-state index contributed by atoms with van der Waals surface area (Å²) in [7, 11) is 0. The number of amides is 3. The Balaban J connectivity index is 1.53. The van der Waals surface area contributed by atoms with Crippen LogP contribution in [0.5, 0.6) is 5.75 Å². The second-order valence-corrected chi connectivity index (χ2v) is 6.73. The lowest BCUT2D eigenvalue weighted by Crippen LogP contribution is -2.39. The molecule has 3 amide bonds. The molecule has 3 rings (SSSR count). The normalized spacial score (nSPS) is 15.6. The van der Waals surface area contributed by atoms with Crippen LogP contribution in [0.2, 0.25) is 0 Å². The summed E-state index contributed by atoms with van der Waals surface area (Å²) in [6.07, 6.45) is 0.225. The van der Waals surface area contributed by atoms with E-state index in [1.54, 1.807) is 36.1 Å². The Morgan fingerprint density at radius 3 is 2.37 bits per heavy atom. The second kappa shape index (κ2) is 9.78. The van der Waals surface area contributed by atoms with Gasteiger partial charge in [0, 0.05) is 24.3 Å². The third-order valence-corrected chi connectivity index (χ3v) is 4.57. The van der Waals surface area contributed by atoms with Gasteiger partial charge < -0.3 is 25.0 Å². The molecule has 2 aromatic rings. The van der Waals surface area contributed by atoms with Crippen LogP contribution in [0.25, 0.3) is 0 Å². The van der Waals surface area contributed by atoms with Crippen LogP contribution in [-0.2, 0) is 9.53 Å². The van der Waals surface area contributed by atoms with Crippen molar-refractivity contribution in [3.63, 3.8) is 0 Å². The van der Waals surface area contributed by atoms with Crippen molar-refractivity contribution in [2.75, 3.05) is 30.0 Å². The molecule has 1 atom stereocenters. The summed E-state index contributed by atoms with van der Waals surface area (Å²) in [5, 5.41) is 5.53. The molecule has 1 saturated heterocycles. The van der Waals surface area contributed by atoms with Crippen LogP contribution in [0.1, 0.15) is 30.6 Å². The smallest absolute Gasteiger partial charge is 0.338 e. The number of anilines is 2. The molecule has 0 aliphatic carbocycles. The largest absolute Gasteiger partial charge is 0.494 e. The van der Waals surface area contributed by atoms with Gasteiger partial charge in [0.25, 0.3) is 0 Å². The first kappa shape index (κ1) is 21.2. The van der Waals surface area contributed by atoms with E-state index in [9.17, 15) is 14.4 Å². The number of rotatable bonds is 7. The minimum Gasteiger partial charge on any atom is -0.494 e. The van der Waals surface area contributed by atoms with Gasteiger partial charge in [-0.3, -0.25) is 4.79 Å². The summed E-state index contributed by atoms with van der Waals surface area (Å²) >= 11 is 0. The molecular weight excluding hydrogens is 386 g/mol. The third-order valence-electron chi connectivity index (χ3n) is 4.57. The van der Waals surface area contributed by atoms with Crippen molar-refractivity contribution in [3.05, 3.63) is 54.1 Å². The van der Waals surface area contributed by atoms with Crippen LogP contribution < -0.4 is 20.3 Å². The van der Waals surface area contributed by atoms with Crippen LogP contribution in [0.15, 0.2) is 48.5 Å². The van der Waals surface area contributed by atoms with E-state index in [0.717, 1.165) is 11.4 Å². The number of hydrogen-bond acceptors (Lipinski definition) is 5. The second-order valence-electron chi connectivity index (χ2n) is 6.73. The zero-order valence-corrected chi connectivity index (χ0v) is 17.0. The Labute approximate surface area is 175 Å². The van der Waals surface area contributed by atoms with E-state index >= 15 is 0 Å². The lowest BCUT2D eigenvalue weighted by atomic mass is 10.2. The third kappa shape index (κ3) is 5.28. The first-order valence-electron chi connectivity index (χ1n) is 9.88. The van der Waals surface area contributed by atoms with Gasteiger partial charge in [-0.1, -0.05) is 0 Å². The van der Waals surface area contributed by atoms with Crippen molar-refractivity contribution in [3.8, 4) is 5.75 Å². The topological polar surface area (TPSA) is 97.0 Å². The molecule has 1 aliphatic heterocycles. The molecule has 0 saturated carbocycles. The zero-order valence-electron chi connectivity index (χ0n) is 17.0. The van der Waals surface area contributed by atoms with Crippen LogP contribution >= 0.6 is 0 Å². The van der Waals surface area contributed by atoms with Crippen molar-refractivity contribution in [1.82, 2.24) is 5.32 Å². The van der Waals surface area contributed by atoms with Gasteiger partial charge in [0.1, 0.15) is 5.75 Å². The van der Waals surface area contributed by atoms with Gasteiger partial charge in [-0.25, -0.2) is 9.59 Å². The van der Waals surface area contributed by atoms with E-state index in [2.05, 4.69) is 10.6 Å². The van der Waals surface area contributed by atoms with E-state index in [1.165, 1.54) is 0 Å². The summed E-state index contributed by atoms with van der Waals surface area (Å²) < 4.78 is 10.3. The molecule has 0 aromatic heterocycles. The molecule has 0 radical (unpaired) electrons. The fourth-order valence-electron chi connectivity index (χ4n) is 3.20. The fraction of sp³-hybridized carbons (Fsp3) is 0.318. The van der Waals surface area contributed by atoms with Crippen molar-refractivity contribution < 1.29 is 23.9 Å². The quantitative estimate of drug-likeness (QED) is 0.682. The fourth-order valence-corrected chi connectivity index (χ4v) is 3.20. The Hall–Kier alpha value is -3.55. The van der Waals surface area contributed by atoms with E-state index in [-0.39, 0.29) is 18.4 Å². The summed E-state index contributed by atoms with van der Waals surface area (Å²) in [4.78, 5) is 38.0. The van der Waals surface area contributed by atoms with Crippen molar-refractivity contribution in [2.24, 2.45) is 0 Å². The molecule has 1 aliphatic rings. The number of urea groups is 1. The Morgan fingerprint density at radius 2 is 1.73 bits per heavy atom. The highest BCUT2D eigenvalue weighted by Gasteiger charge is 2.31. The van der Waals surface area contributed by atoms with E-state index in [1.807, 2.05) is 31.2 Å². The Kier molecular flexibility index (Phi) is 6.90. The average Bonchev–Trinajstić information content (AvgIpc) is 3.09. The average molecular weight is 411 g/mol. The Morgan fingerprint density at radius 1 is 1.03 bits per heavy atom. The van der Waals surface area contributed by atoms with E-state index < -0.39 is 12.0 Å². The molecule has 2 aromatic carbocycles. The number of benzene rings is 2. The summed E-state index contributed by atoms with van der Waals surface area (Å²) in [6.45, 7) is 4.92. The molecule has 8 heteroatoms. The van der Waals surface area contributed by atoms with Gasteiger partial charge in [-0.05, 0) is 62.4 Å². The highest BCUT2D eigenvalue weighted by atomic mass is 16.5. The minimum atomic E-state index is -0.412. The summed E-state index contributed by atoms with van der Waals surface area (Å²) in [5.74, 6) is 0.284. The molecular formula is C22H25N3O5. The molecule has 2 N–H and O–H groups in total. The molecule has 0 bridgehead atoms. The standard InChI is InChI=1S/C22H25N3O5/c1-3-29-19-11-9-18(10-12-19)25-14-17(13-20(25)26)24-22(28)23-16-7-5-15(6-8-16)21(27)30-4-2/h5-12,17H,3-4,13-14H2,1-2H3,(H2,23,24,28)/t17-/m1/s1. The van der Waals surface area contributed by atoms with Gasteiger partial charge in [-0.2, -0.15) is 0 Å². The lowest BCUT2D eigenvalue weighted by Gasteiger charge is -2.18. The molecule has 30 heavy (non-hydrogen) atoms. The Bertz CT molecular complexity index is 896. The van der Waals surface area contributed by atoms with Crippen LogP contribution in [0, 0.1) is 0 Å². The van der Waals surface area contributed by atoms with Crippen molar-refractivity contribution in [1.29, 1.82) is 0 Å². The molecule has 158 valence electrons. The maximum Gasteiger partial charge on any atom is 0.338 e. The number of esters is 1. The molecule has 0 unspecified atom stereocenters. The van der Waals surface area contributed by atoms with Crippen LogP contribution in [0.3, 0.4) is 0 Å². The molecule has 8 nitrogen and oxygen atoms in total. The number of ether oxygens (including phenoxy) is 2. The highest BCUT2D eigenvalue weighted by molar-refractivity contribution is 5.98. The van der Waals surface area contributed by atoms with Crippen molar-refractivity contribution in [2.45, 2.75) is 26.3 Å². The predicted molar refractivity (Wildman–Crippen MR) is 113 cm³/mol. The minimum absolute atomic E-state index is 0.0525. The highest BCUT2D eigenvalue weighted by Crippen LogP contribution is 2.24. The van der Waals surface area contributed by atoms with Crippen LogP contribution in [-0.4, -0.2) is 43.7 Å². The SMILES string of the molecule is CCOC(=O)c1ccc(NC(=O)N[C@@H]2CC(=O)N(c3ccc(OCC)cc3)C2)cc1. The van der Waals surface area contributed by atoms with E-state index in [0.29, 0.717) is 31.0 Å². The van der Waals surface area contributed by atoms with Gasteiger partial charge in [0.2, 0.25) is 5.91 Å². The first-order chi connectivity index (χ1) is 14.5. The maximum atomic E-state index is 12.4. The zero-order chi connectivity index (χ0) is 21.5. The first-order valence-corrected chi connectivity index (χ1v) is 9.88. The van der Waals surface area contributed by atoms with Gasteiger partial charge in [-0.15, -0.1) is 0 Å². The molecule has 1 fully saturated rings. The molecule has 1 heterocycles. The monoisotopic (exact) mass is 411 g/mol. The lowest BCUT2D eigenvalue weighted by molar-refractivity contribution is -0.117. The number of nitrogens with one attached hydrogen (secondary N) is 2. The van der Waals surface area contributed by atoms with Crippen molar-refractivity contribution >= 4 is 29.3 Å². The molecule has 0 spiro atoms. The predicted octanol–water partition coefficient (Wildman–Crippen LogP) is 3.19. The summed E-state index contributed by atoms with van der Waals surface area (Å²) in [5.41, 5.74) is 1.71.